The minimum Gasteiger partial charge on any atom is -0.339 e. The Balaban J connectivity index is 1.30. The Morgan fingerprint density at radius 3 is 2.74 bits per heavy atom. The lowest BCUT2D eigenvalue weighted by atomic mass is 10.1. The van der Waals surface area contributed by atoms with Crippen LogP contribution in [0.15, 0.2) is 47.2 Å². The van der Waals surface area contributed by atoms with E-state index in [2.05, 4.69) is 25.5 Å². The molecule has 1 aliphatic carbocycles. The summed E-state index contributed by atoms with van der Waals surface area (Å²) >= 11 is 1.62. The number of carbonyl (C=O) groups excluding carboxylic acids is 1. The van der Waals surface area contributed by atoms with Gasteiger partial charge in [0, 0.05) is 17.4 Å². The number of halogens is 1. The molecule has 4 aromatic heterocycles. The van der Waals surface area contributed by atoms with Crippen molar-refractivity contribution in [1.29, 1.82) is 0 Å². The van der Waals surface area contributed by atoms with Gasteiger partial charge in [0.2, 0.25) is 11.7 Å². The molecule has 1 amide bonds. The third kappa shape index (κ3) is 3.89. The van der Waals surface area contributed by atoms with Crippen LogP contribution in [0.5, 0.6) is 0 Å². The van der Waals surface area contributed by atoms with Crippen LogP contribution in [0.2, 0.25) is 0 Å². The van der Waals surface area contributed by atoms with Crippen LogP contribution in [-0.4, -0.2) is 36.8 Å². The van der Waals surface area contributed by atoms with E-state index in [9.17, 15) is 9.18 Å². The molecular formula is C25H21FN6O2S. The van der Waals surface area contributed by atoms with Crippen LogP contribution in [0.1, 0.15) is 44.9 Å². The third-order valence-corrected chi connectivity index (χ3v) is 7.27. The van der Waals surface area contributed by atoms with Gasteiger partial charge in [-0.1, -0.05) is 17.3 Å². The average molecular weight is 489 g/mol. The van der Waals surface area contributed by atoms with Gasteiger partial charge in [0.15, 0.2) is 0 Å². The number of alkyl halides is 1. The number of thiazole rings is 1. The SMILES string of the molecule is Cc1nc(C)c(-c2ccn3ncc(C(=O)Nc4cc(-c5noc([C@H]6C[C@@H]6F)n5)ccc4C)c3c2)s1. The number of hydrogen-bond acceptors (Lipinski definition) is 7. The number of anilines is 1. The van der Waals surface area contributed by atoms with Gasteiger partial charge in [-0.2, -0.15) is 10.1 Å². The summed E-state index contributed by atoms with van der Waals surface area (Å²) < 4.78 is 20.2. The van der Waals surface area contributed by atoms with E-state index >= 15 is 0 Å². The van der Waals surface area contributed by atoms with Gasteiger partial charge < -0.3 is 9.84 Å². The van der Waals surface area contributed by atoms with Crippen molar-refractivity contribution in [3.05, 3.63) is 70.4 Å². The van der Waals surface area contributed by atoms with Gasteiger partial charge in [-0.15, -0.1) is 11.3 Å². The van der Waals surface area contributed by atoms with Crippen molar-refractivity contribution in [3.63, 3.8) is 0 Å². The van der Waals surface area contributed by atoms with Crippen molar-refractivity contribution in [2.75, 3.05) is 5.32 Å². The largest absolute Gasteiger partial charge is 0.339 e. The van der Waals surface area contributed by atoms with Crippen molar-refractivity contribution < 1.29 is 13.7 Å². The predicted molar refractivity (Wildman–Crippen MR) is 130 cm³/mol. The summed E-state index contributed by atoms with van der Waals surface area (Å²) in [4.78, 5) is 23.2. The van der Waals surface area contributed by atoms with E-state index < -0.39 is 6.17 Å². The van der Waals surface area contributed by atoms with E-state index in [0.717, 1.165) is 26.7 Å². The van der Waals surface area contributed by atoms with Crippen molar-refractivity contribution in [3.8, 4) is 21.8 Å². The maximum absolute atomic E-state index is 13.3. The zero-order valence-electron chi connectivity index (χ0n) is 19.2. The van der Waals surface area contributed by atoms with E-state index in [1.165, 1.54) is 0 Å². The van der Waals surface area contributed by atoms with Crippen molar-refractivity contribution in [2.45, 2.75) is 39.3 Å². The first-order valence-electron chi connectivity index (χ1n) is 11.2. The Labute approximate surface area is 203 Å². The molecule has 1 aliphatic rings. The number of hydrogen-bond donors (Lipinski definition) is 1. The standard InChI is InChI=1S/C25H21FN6O2S/c1-12-4-5-16(23-30-25(34-31-23)17-10-19(17)26)8-20(12)29-24(33)18-11-27-32-7-6-15(9-21(18)32)22-13(2)28-14(3)35-22/h4-9,11,17,19H,10H2,1-3H3,(H,29,33)/t17-,19-/m0/s1. The van der Waals surface area contributed by atoms with Gasteiger partial charge in [-0.25, -0.2) is 13.9 Å². The Bertz CT molecular complexity index is 1600. The molecule has 0 radical (unpaired) electrons. The highest BCUT2D eigenvalue weighted by atomic mass is 32.1. The summed E-state index contributed by atoms with van der Waals surface area (Å²) in [6.07, 6.45) is 2.91. The quantitative estimate of drug-likeness (QED) is 0.350. The molecule has 0 saturated heterocycles. The first-order valence-corrected chi connectivity index (χ1v) is 12.0. The summed E-state index contributed by atoms with van der Waals surface area (Å²) in [5, 5.41) is 12.3. The van der Waals surface area contributed by atoms with E-state index in [4.69, 9.17) is 4.52 Å². The van der Waals surface area contributed by atoms with Crippen LogP contribution in [0, 0.1) is 20.8 Å². The number of nitrogens with zero attached hydrogens (tertiary/aromatic N) is 5. The molecule has 0 aliphatic heterocycles. The second kappa shape index (κ2) is 8.09. The van der Waals surface area contributed by atoms with Crippen LogP contribution in [-0.2, 0) is 0 Å². The minimum atomic E-state index is -0.911. The Hall–Kier alpha value is -3.92. The van der Waals surface area contributed by atoms with Crippen molar-refractivity contribution >= 4 is 28.4 Å². The van der Waals surface area contributed by atoms with Crippen LogP contribution in [0.3, 0.4) is 0 Å². The molecule has 4 heterocycles. The Morgan fingerprint density at radius 1 is 1.17 bits per heavy atom. The molecule has 0 unspecified atom stereocenters. The molecule has 1 saturated carbocycles. The fourth-order valence-corrected chi connectivity index (χ4v) is 5.02. The summed E-state index contributed by atoms with van der Waals surface area (Å²) in [5.41, 5.74) is 5.29. The molecular weight excluding hydrogens is 467 g/mol. The molecule has 0 bridgehead atoms. The fourth-order valence-electron chi connectivity index (χ4n) is 4.10. The van der Waals surface area contributed by atoms with E-state index in [1.54, 1.807) is 28.1 Å². The highest BCUT2D eigenvalue weighted by Crippen LogP contribution is 2.43. The number of aromatic nitrogens is 5. The zero-order valence-corrected chi connectivity index (χ0v) is 20.1. The van der Waals surface area contributed by atoms with Crippen LogP contribution in [0.4, 0.5) is 10.1 Å². The number of fused-ring (bicyclic) bond motifs is 1. The molecule has 8 nitrogen and oxygen atoms in total. The number of aryl methyl sites for hydroxylation is 3. The first kappa shape index (κ1) is 21.6. The predicted octanol–water partition coefficient (Wildman–Crippen LogP) is 5.51. The van der Waals surface area contributed by atoms with Crippen molar-refractivity contribution in [2.24, 2.45) is 0 Å². The monoisotopic (exact) mass is 488 g/mol. The maximum Gasteiger partial charge on any atom is 0.259 e. The molecule has 176 valence electrons. The zero-order chi connectivity index (χ0) is 24.3. The molecule has 35 heavy (non-hydrogen) atoms. The number of rotatable bonds is 5. The highest BCUT2D eigenvalue weighted by Gasteiger charge is 2.43. The number of pyridine rings is 1. The summed E-state index contributed by atoms with van der Waals surface area (Å²) in [5.74, 6) is 0.0957. The molecule has 0 spiro atoms. The topological polar surface area (TPSA) is 98.2 Å². The molecule has 5 aromatic rings. The van der Waals surface area contributed by atoms with Gasteiger partial charge in [-0.05, 0) is 56.5 Å². The highest BCUT2D eigenvalue weighted by molar-refractivity contribution is 7.15. The molecule has 2 atom stereocenters. The second-order valence-corrected chi connectivity index (χ2v) is 9.95. The Kier molecular flexibility index (Phi) is 4.99. The molecule has 1 aromatic carbocycles. The van der Waals surface area contributed by atoms with Crippen LogP contribution < -0.4 is 5.32 Å². The van der Waals surface area contributed by atoms with Crippen molar-refractivity contribution in [1.82, 2.24) is 24.7 Å². The van der Waals surface area contributed by atoms with Gasteiger partial charge >= 0.3 is 0 Å². The second-order valence-electron chi connectivity index (χ2n) is 8.75. The minimum absolute atomic E-state index is 0.276. The third-order valence-electron chi connectivity index (χ3n) is 6.15. The molecule has 6 rings (SSSR count). The summed E-state index contributed by atoms with van der Waals surface area (Å²) in [7, 11) is 0. The fraction of sp³-hybridized carbons (Fsp3) is 0.240. The number of carbonyl (C=O) groups is 1. The van der Waals surface area contributed by atoms with Crippen LogP contribution in [0.25, 0.3) is 27.3 Å². The summed E-state index contributed by atoms with van der Waals surface area (Å²) in [6, 6.07) is 9.45. The summed E-state index contributed by atoms with van der Waals surface area (Å²) in [6.45, 7) is 5.87. The van der Waals surface area contributed by atoms with E-state index in [0.29, 0.717) is 40.5 Å². The molecule has 1 N–H and O–H groups in total. The lowest BCUT2D eigenvalue weighted by molar-refractivity contribution is 0.102. The average Bonchev–Trinajstić information content (AvgIpc) is 3.20. The van der Waals surface area contributed by atoms with E-state index in [1.807, 2.05) is 51.2 Å². The van der Waals surface area contributed by atoms with Crippen LogP contribution >= 0.6 is 11.3 Å². The lowest BCUT2D eigenvalue weighted by Gasteiger charge is -2.09. The smallest absolute Gasteiger partial charge is 0.259 e. The van der Waals surface area contributed by atoms with Gasteiger partial charge in [0.25, 0.3) is 5.91 Å². The van der Waals surface area contributed by atoms with Gasteiger partial charge in [0.1, 0.15) is 6.17 Å². The lowest BCUT2D eigenvalue weighted by Crippen LogP contribution is -2.12. The number of nitrogens with one attached hydrogen (secondary N) is 1. The normalized spacial score (nSPS) is 17.1. The molecule has 1 fully saturated rings. The number of amides is 1. The Morgan fingerprint density at radius 2 is 2.00 bits per heavy atom. The molecule has 10 heteroatoms. The first-order chi connectivity index (χ1) is 16.9. The van der Waals surface area contributed by atoms with Gasteiger partial charge in [-0.3, -0.25) is 4.79 Å². The maximum atomic E-state index is 13.3. The van der Waals surface area contributed by atoms with E-state index in [-0.39, 0.29) is 11.8 Å². The number of benzene rings is 1. The van der Waals surface area contributed by atoms with Gasteiger partial charge in [0.05, 0.1) is 38.8 Å².